The summed E-state index contributed by atoms with van der Waals surface area (Å²) in [5.41, 5.74) is 0. The number of carbonyl (C=O) groups is 1. The van der Waals surface area contributed by atoms with E-state index in [2.05, 4.69) is 31.0 Å². The number of likely N-dealkylation sites (N-methyl/N-ethyl adjacent to an activating group) is 1. The predicted molar refractivity (Wildman–Crippen MR) is 67.4 cm³/mol. The molecule has 0 radical (unpaired) electrons. The van der Waals surface area contributed by atoms with Crippen molar-refractivity contribution in [3.05, 3.63) is 0 Å². The van der Waals surface area contributed by atoms with Crippen LogP contribution >= 0.6 is 0 Å². The Balaban J connectivity index is 2.34. The van der Waals surface area contributed by atoms with Gasteiger partial charge in [0.05, 0.1) is 6.04 Å². The van der Waals surface area contributed by atoms with Gasteiger partial charge in [-0.05, 0) is 26.3 Å². The maximum atomic E-state index is 12.0. The highest BCUT2D eigenvalue weighted by molar-refractivity contribution is 5.84. The van der Waals surface area contributed by atoms with Crippen molar-refractivity contribution in [1.82, 2.24) is 10.2 Å². The topological polar surface area (TPSA) is 32.3 Å². The molecule has 1 fully saturated rings. The van der Waals surface area contributed by atoms with Crippen LogP contribution in [0.15, 0.2) is 0 Å². The fourth-order valence-electron chi connectivity index (χ4n) is 2.42. The summed E-state index contributed by atoms with van der Waals surface area (Å²) < 4.78 is 0. The Hall–Kier alpha value is -0.570. The van der Waals surface area contributed by atoms with E-state index < -0.39 is 0 Å². The van der Waals surface area contributed by atoms with Crippen molar-refractivity contribution in [2.45, 2.75) is 65.0 Å². The lowest BCUT2D eigenvalue weighted by atomic mass is 10.1. The largest absolute Gasteiger partial charge is 0.339 e. The lowest BCUT2D eigenvalue weighted by Crippen LogP contribution is -2.41. The zero-order chi connectivity index (χ0) is 12.0. The van der Waals surface area contributed by atoms with E-state index in [9.17, 15) is 4.79 Å². The quantitative estimate of drug-likeness (QED) is 0.675. The van der Waals surface area contributed by atoms with Crippen LogP contribution in [-0.4, -0.2) is 36.0 Å². The number of likely N-dealkylation sites (tertiary alicyclic amines) is 1. The Morgan fingerprint density at radius 2 is 2.19 bits per heavy atom. The lowest BCUT2D eigenvalue weighted by Gasteiger charge is -2.24. The molecule has 16 heavy (non-hydrogen) atoms. The maximum Gasteiger partial charge on any atom is 0.240 e. The third-order valence-corrected chi connectivity index (χ3v) is 3.45. The molecule has 1 N–H and O–H groups in total. The Kier molecular flexibility index (Phi) is 5.81. The van der Waals surface area contributed by atoms with Crippen molar-refractivity contribution < 1.29 is 4.79 Å². The summed E-state index contributed by atoms with van der Waals surface area (Å²) in [4.78, 5) is 14.1. The minimum atomic E-state index is 0.0821. The summed E-state index contributed by atoms with van der Waals surface area (Å²) in [6.07, 6.45) is 5.90. The molecular weight excluding hydrogens is 200 g/mol. The van der Waals surface area contributed by atoms with Crippen LogP contribution in [0.1, 0.15) is 52.9 Å². The molecule has 0 aromatic heterocycles. The summed E-state index contributed by atoms with van der Waals surface area (Å²) in [6.45, 7) is 8.27. The normalized spacial score (nSPS) is 22.8. The second-order valence-electron chi connectivity index (χ2n) is 4.78. The maximum absolute atomic E-state index is 12.0. The van der Waals surface area contributed by atoms with Gasteiger partial charge >= 0.3 is 0 Å². The fraction of sp³-hybridized carbons (Fsp3) is 0.923. The molecule has 1 aliphatic heterocycles. The molecular formula is C13H26N2O. The number of carbonyl (C=O) groups excluding carboxylic acids is 1. The van der Waals surface area contributed by atoms with Crippen molar-refractivity contribution >= 4 is 5.91 Å². The Bertz CT molecular complexity index is 218. The molecule has 3 heteroatoms. The molecule has 2 atom stereocenters. The van der Waals surface area contributed by atoms with Gasteiger partial charge in [0, 0.05) is 12.6 Å². The first-order chi connectivity index (χ1) is 7.70. The number of unbranched alkanes of at least 4 members (excludes halogenated alkanes) is 2. The molecule has 1 heterocycles. The Labute approximate surface area is 99.6 Å². The van der Waals surface area contributed by atoms with Gasteiger partial charge in [-0.15, -0.1) is 0 Å². The van der Waals surface area contributed by atoms with Crippen molar-refractivity contribution in [3.8, 4) is 0 Å². The first-order valence-electron chi connectivity index (χ1n) is 6.74. The zero-order valence-corrected chi connectivity index (χ0v) is 11.0. The van der Waals surface area contributed by atoms with Gasteiger partial charge in [-0.2, -0.15) is 0 Å². The van der Waals surface area contributed by atoms with Gasteiger partial charge in [-0.3, -0.25) is 4.79 Å². The van der Waals surface area contributed by atoms with Crippen LogP contribution in [0.2, 0.25) is 0 Å². The minimum Gasteiger partial charge on any atom is -0.339 e. The zero-order valence-electron chi connectivity index (χ0n) is 11.0. The van der Waals surface area contributed by atoms with E-state index in [4.69, 9.17) is 0 Å². The third-order valence-electron chi connectivity index (χ3n) is 3.45. The number of nitrogens with zero attached hydrogens (tertiary/aromatic N) is 1. The first-order valence-corrected chi connectivity index (χ1v) is 6.74. The van der Waals surface area contributed by atoms with Gasteiger partial charge in [0.1, 0.15) is 0 Å². The average molecular weight is 226 g/mol. The lowest BCUT2D eigenvalue weighted by molar-refractivity contribution is -0.131. The molecule has 1 amide bonds. The number of hydrogen-bond donors (Lipinski definition) is 1. The minimum absolute atomic E-state index is 0.0821. The number of hydrogen-bond acceptors (Lipinski definition) is 2. The summed E-state index contributed by atoms with van der Waals surface area (Å²) >= 11 is 0. The summed E-state index contributed by atoms with van der Waals surface area (Å²) in [5, 5.41) is 3.26. The molecule has 1 saturated heterocycles. The fourth-order valence-corrected chi connectivity index (χ4v) is 2.42. The van der Waals surface area contributed by atoms with Gasteiger partial charge in [0.25, 0.3) is 0 Å². The molecule has 3 nitrogen and oxygen atoms in total. The van der Waals surface area contributed by atoms with E-state index in [-0.39, 0.29) is 6.04 Å². The molecule has 0 saturated carbocycles. The van der Waals surface area contributed by atoms with Gasteiger partial charge in [-0.25, -0.2) is 0 Å². The highest BCUT2D eigenvalue weighted by Crippen LogP contribution is 2.18. The molecule has 2 unspecified atom stereocenters. The number of amides is 1. The van der Waals surface area contributed by atoms with Crippen molar-refractivity contribution in [1.29, 1.82) is 0 Å². The van der Waals surface area contributed by atoms with Crippen LogP contribution in [0.25, 0.3) is 0 Å². The van der Waals surface area contributed by atoms with Crippen LogP contribution in [0.3, 0.4) is 0 Å². The van der Waals surface area contributed by atoms with Crippen LogP contribution in [0, 0.1) is 0 Å². The van der Waals surface area contributed by atoms with Gasteiger partial charge in [0.2, 0.25) is 5.91 Å². The smallest absolute Gasteiger partial charge is 0.240 e. The van der Waals surface area contributed by atoms with E-state index in [1.807, 2.05) is 0 Å². The van der Waals surface area contributed by atoms with E-state index >= 15 is 0 Å². The molecule has 0 bridgehead atoms. The third kappa shape index (κ3) is 3.48. The summed E-state index contributed by atoms with van der Waals surface area (Å²) in [5.74, 6) is 0.311. The van der Waals surface area contributed by atoms with Crippen LogP contribution in [0.5, 0.6) is 0 Å². The molecule has 0 spiro atoms. The van der Waals surface area contributed by atoms with Gasteiger partial charge in [0.15, 0.2) is 0 Å². The van der Waals surface area contributed by atoms with Crippen LogP contribution in [0.4, 0.5) is 0 Å². The molecule has 1 rings (SSSR count). The number of rotatable bonds is 7. The summed E-state index contributed by atoms with van der Waals surface area (Å²) in [7, 11) is 0. The second kappa shape index (κ2) is 6.89. The van der Waals surface area contributed by atoms with Crippen molar-refractivity contribution in [2.75, 3.05) is 13.1 Å². The Morgan fingerprint density at radius 3 is 2.81 bits per heavy atom. The average Bonchev–Trinajstić information content (AvgIpc) is 2.62. The monoisotopic (exact) mass is 226 g/mol. The molecule has 0 aromatic rings. The van der Waals surface area contributed by atoms with E-state index in [1.54, 1.807) is 0 Å². The molecule has 0 aliphatic carbocycles. The SMILES string of the molecule is CCCCCC(C)N1CCC(NCC)C1=O. The van der Waals surface area contributed by atoms with Gasteiger partial charge in [-0.1, -0.05) is 33.1 Å². The van der Waals surface area contributed by atoms with E-state index in [0.29, 0.717) is 11.9 Å². The van der Waals surface area contributed by atoms with E-state index in [1.165, 1.54) is 19.3 Å². The van der Waals surface area contributed by atoms with Crippen molar-refractivity contribution in [3.63, 3.8) is 0 Å². The first kappa shape index (κ1) is 13.5. The molecule has 94 valence electrons. The second-order valence-corrected chi connectivity index (χ2v) is 4.78. The highest BCUT2D eigenvalue weighted by atomic mass is 16.2. The molecule has 1 aliphatic rings. The van der Waals surface area contributed by atoms with Crippen LogP contribution < -0.4 is 5.32 Å². The predicted octanol–water partition coefficient (Wildman–Crippen LogP) is 2.17. The van der Waals surface area contributed by atoms with Crippen molar-refractivity contribution in [2.24, 2.45) is 0 Å². The Morgan fingerprint density at radius 1 is 1.44 bits per heavy atom. The highest BCUT2D eigenvalue weighted by Gasteiger charge is 2.33. The molecule has 0 aromatic carbocycles. The standard InChI is InChI=1S/C13H26N2O/c1-4-6-7-8-11(3)15-10-9-12(13(15)16)14-5-2/h11-12,14H,4-10H2,1-3H3. The summed E-state index contributed by atoms with van der Waals surface area (Å²) in [6, 6.07) is 0.501. The van der Waals surface area contributed by atoms with Gasteiger partial charge < -0.3 is 10.2 Å². The van der Waals surface area contributed by atoms with Crippen LogP contribution in [-0.2, 0) is 4.79 Å². The number of nitrogens with one attached hydrogen (secondary N) is 1. The van der Waals surface area contributed by atoms with E-state index in [0.717, 1.165) is 25.9 Å².